The number of hydrogen-bond acceptors (Lipinski definition) is 3. The molecule has 0 bridgehead atoms. The fourth-order valence-electron chi connectivity index (χ4n) is 2.75. The van der Waals surface area contributed by atoms with Crippen molar-refractivity contribution < 1.29 is 14.7 Å². The van der Waals surface area contributed by atoms with Crippen molar-refractivity contribution >= 4 is 23.6 Å². The van der Waals surface area contributed by atoms with Crippen LogP contribution in [0.3, 0.4) is 0 Å². The highest BCUT2D eigenvalue weighted by Crippen LogP contribution is 2.34. The highest BCUT2D eigenvalue weighted by Gasteiger charge is 2.41. The van der Waals surface area contributed by atoms with E-state index in [1.807, 2.05) is 0 Å². The van der Waals surface area contributed by atoms with Crippen molar-refractivity contribution in [3.63, 3.8) is 0 Å². The summed E-state index contributed by atoms with van der Waals surface area (Å²) in [7, 11) is 0. The van der Waals surface area contributed by atoms with Gasteiger partial charge in [-0.1, -0.05) is 25.5 Å². The molecule has 3 atom stereocenters. The normalized spacial score (nSPS) is 29.9. The van der Waals surface area contributed by atoms with Gasteiger partial charge in [-0.15, -0.1) is 11.8 Å². The lowest BCUT2D eigenvalue weighted by Crippen LogP contribution is -2.46. The number of carboxylic acids is 1. The van der Waals surface area contributed by atoms with Crippen LogP contribution in [0.25, 0.3) is 0 Å². The van der Waals surface area contributed by atoms with E-state index in [4.69, 9.17) is 0 Å². The van der Waals surface area contributed by atoms with E-state index in [-0.39, 0.29) is 11.3 Å². The van der Waals surface area contributed by atoms with Gasteiger partial charge in [0, 0.05) is 12.2 Å². The van der Waals surface area contributed by atoms with Gasteiger partial charge in [0.2, 0.25) is 5.91 Å². The zero-order valence-corrected chi connectivity index (χ0v) is 12.1. The average Bonchev–Trinajstić information content (AvgIpc) is 2.98. The Balaban J connectivity index is 2.04. The van der Waals surface area contributed by atoms with Crippen molar-refractivity contribution in [2.75, 3.05) is 5.75 Å². The number of rotatable bonds is 5. The number of carbonyl (C=O) groups is 2. The molecular formula is C14H21NO3S. The van der Waals surface area contributed by atoms with E-state index in [0.717, 1.165) is 25.7 Å². The van der Waals surface area contributed by atoms with Crippen LogP contribution in [0.15, 0.2) is 12.2 Å². The molecule has 4 nitrogen and oxygen atoms in total. The highest BCUT2D eigenvalue weighted by molar-refractivity contribution is 8.00. The SMILES string of the molecule is CCCC1SCC(C(=O)O)N1C(=O)CC1C=CCC1. The summed E-state index contributed by atoms with van der Waals surface area (Å²) in [6.07, 6.45) is 8.55. The molecule has 0 aromatic heterocycles. The monoisotopic (exact) mass is 283 g/mol. The Hall–Kier alpha value is -0.970. The fraction of sp³-hybridized carbons (Fsp3) is 0.714. The fourth-order valence-corrected chi connectivity index (χ4v) is 4.29. The quantitative estimate of drug-likeness (QED) is 0.788. The summed E-state index contributed by atoms with van der Waals surface area (Å²) in [5.41, 5.74) is 0. The maximum absolute atomic E-state index is 12.4. The molecule has 19 heavy (non-hydrogen) atoms. The Morgan fingerprint density at radius 2 is 2.26 bits per heavy atom. The van der Waals surface area contributed by atoms with E-state index in [1.54, 1.807) is 16.7 Å². The number of thioether (sulfide) groups is 1. The van der Waals surface area contributed by atoms with Crippen LogP contribution >= 0.6 is 11.8 Å². The van der Waals surface area contributed by atoms with E-state index in [9.17, 15) is 14.7 Å². The molecule has 0 spiro atoms. The first kappa shape index (κ1) is 14.4. The molecule has 0 saturated carbocycles. The van der Waals surface area contributed by atoms with Crippen LogP contribution < -0.4 is 0 Å². The van der Waals surface area contributed by atoms with Crippen LogP contribution in [0.2, 0.25) is 0 Å². The van der Waals surface area contributed by atoms with Crippen molar-refractivity contribution in [2.24, 2.45) is 5.92 Å². The van der Waals surface area contributed by atoms with Crippen LogP contribution in [0.4, 0.5) is 0 Å². The summed E-state index contributed by atoms with van der Waals surface area (Å²) in [5, 5.41) is 9.30. The van der Waals surface area contributed by atoms with Gasteiger partial charge in [0.05, 0.1) is 5.37 Å². The van der Waals surface area contributed by atoms with Crippen molar-refractivity contribution in [1.29, 1.82) is 0 Å². The van der Waals surface area contributed by atoms with Gasteiger partial charge in [0.1, 0.15) is 6.04 Å². The first-order chi connectivity index (χ1) is 9.13. The summed E-state index contributed by atoms with van der Waals surface area (Å²) < 4.78 is 0. The maximum atomic E-state index is 12.4. The number of nitrogens with zero attached hydrogens (tertiary/aromatic N) is 1. The molecule has 3 unspecified atom stereocenters. The van der Waals surface area contributed by atoms with Crippen LogP contribution in [0.5, 0.6) is 0 Å². The molecule has 1 fully saturated rings. The van der Waals surface area contributed by atoms with Crippen molar-refractivity contribution in [2.45, 2.75) is 50.4 Å². The average molecular weight is 283 g/mol. The summed E-state index contributed by atoms with van der Waals surface area (Å²) in [5.74, 6) is -0.0460. The van der Waals surface area contributed by atoms with E-state index >= 15 is 0 Å². The molecule has 1 saturated heterocycles. The second kappa shape index (κ2) is 6.46. The van der Waals surface area contributed by atoms with Gasteiger partial charge in [0.15, 0.2) is 0 Å². The van der Waals surface area contributed by atoms with Gasteiger partial charge in [-0.2, -0.15) is 0 Å². The summed E-state index contributed by atoms with van der Waals surface area (Å²) in [6, 6.07) is -0.639. The molecule has 2 rings (SSSR count). The molecule has 0 radical (unpaired) electrons. The highest BCUT2D eigenvalue weighted by atomic mass is 32.2. The van der Waals surface area contributed by atoms with E-state index in [1.165, 1.54) is 0 Å². The molecule has 2 aliphatic rings. The predicted molar refractivity (Wildman–Crippen MR) is 75.9 cm³/mol. The predicted octanol–water partition coefficient (Wildman–Crippen LogP) is 2.50. The number of amides is 1. The number of aliphatic carboxylic acids is 1. The minimum atomic E-state index is -0.874. The van der Waals surface area contributed by atoms with Gasteiger partial charge < -0.3 is 10.0 Å². The third kappa shape index (κ3) is 3.32. The maximum Gasteiger partial charge on any atom is 0.327 e. The van der Waals surface area contributed by atoms with E-state index in [0.29, 0.717) is 18.1 Å². The number of allylic oxidation sites excluding steroid dienone is 2. The lowest BCUT2D eigenvalue weighted by Gasteiger charge is -2.28. The van der Waals surface area contributed by atoms with E-state index < -0.39 is 12.0 Å². The number of carboxylic acid groups (broad SMARTS) is 1. The van der Waals surface area contributed by atoms with Crippen molar-refractivity contribution in [3.05, 3.63) is 12.2 Å². The van der Waals surface area contributed by atoms with Crippen molar-refractivity contribution in [1.82, 2.24) is 4.90 Å². The minimum Gasteiger partial charge on any atom is -0.480 e. The van der Waals surface area contributed by atoms with Gasteiger partial charge in [-0.3, -0.25) is 4.79 Å². The molecule has 1 N–H and O–H groups in total. The topological polar surface area (TPSA) is 57.6 Å². The largest absolute Gasteiger partial charge is 0.480 e. The number of hydrogen-bond donors (Lipinski definition) is 1. The molecule has 0 aromatic rings. The van der Waals surface area contributed by atoms with Crippen LogP contribution in [0, 0.1) is 5.92 Å². The Bertz CT molecular complexity index is 383. The molecular weight excluding hydrogens is 262 g/mol. The second-order valence-corrected chi connectivity index (χ2v) is 6.41. The molecule has 1 heterocycles. The van der Waals surface area contributed by atoms with Crippen LogP contribution in [0.1, 0.15) is 39.0 Å². The first-order valence-corrected chi connectivity index (χ1v) is 8.00. The zero-order valence-electron chi connectivity index (χ0n) is 11.2. The molecule has 1 aliphatic heterocycles. The molecule has 0 aromatic carbocycles. The third-order valence-corrected chi connectivity index (χ3v) is 5.11. The first-order valence-electron chi connectivity index (χ1n) is 6.95. The van der Waals surface area contributed by atoms with Gasteiger partial charge >= 0.3 is 5.97 Å². The summed E-state index contributed by atoms with van der Waals surface area (Å²) in [6.45, 7) is 2.07. The summed E-state index contributed by atoms with van der Waals surface area (Å²) in [4.78, 5) is 25.3. The molecule has 1 amide bonds. The number of carbonyl (C=O) groups excluding carboxylic acids is 1. The molecule has 1 aliphatic carbocycles. The zero-order chi connectivity index (χ0) is 13.8. The Morgan fingerprint density at radius 3 is 2.84 bits per heavy atom. The van der Waals surface area contributed by atoms with Gasteiger partial charge in [-0.05, 0) is 25.2 Å². The summed E-state index contributed by atoms with van der Waals surface area (Å²) >= 11 is 1.60. The van der Waals surface area contributed by atoms with E-state index in [2.05, 4.69) is 19.1 Å². The molecule has 106 valence electrons. The Morgan fingerprint density at radius 1 is 1.47 bits per heavy atom. The Kier molecular flexibility index (Phi) is 4.91. The lowest BCUT2D eigenvalue weighted by atomic mass is 10.0. The third-order valence-electron chi connectivity index (χ3n) is 3.75. The van der Waals surface area contributed by atoms with Gasteiger partial charge in [-0.25, -0.2) is 4.79 Å². The van der Waals surface area contributed by atoms with Crippen LogP contribution in [-0.2, 0) is 9.59 Å². The smallest absolute Gasteiger partial charge is 0.327 e. The Labute approximate surface area is 118 Å². The van der Waals surface area contributed by atoms with Crippen LogP contribution in [-0.4, -0.2) is 39.1 Å². The van der Waals surface area contributed by atoms with Crippen molar-refractivity contribution in [3.8, 4) is 0 Å². The lowest BCUT2D eigenvalue weighted by molar-refractivity contribution is -0.149. The standard InChI is InChI=1S/C14H21NO3S/c1-2-5-13-15(11(9-19-13)14(17)18)12(16)8-10-6-3-4-7-10/h3,6,10-11,13H,2,4-5,7-9H2,1H3,(H,17,18). The second-order valence-electron chi connectivity index (χ2n) is 5.20. The van der Waals surface area contributed by atoms with Gasteiger partial charge in [0.25, 0.3) is 0 Å². The molecule has 5 heteroatoms. The minimum absolute atomic E-state index is 0.00685.